The van der Waals surface area contributed by atoms with Gasteiger partial charge in [0.15, 0.2) is 0 Å². The summed E-state index contributed by atoms with van der Waals surface area (Å²) in [6, 6.07) is 13.7. The minimum absolute atomic E-state index is 0.0120. The smallest absolute Gasteiger partial charge is 0.307 e. The molecule has 1 N–H and O–H groups in total. The number of nitrogens with zero attached hydrogens (tertiary/aromatic N) is 3. The van der Waals surface area contributed by atoms with Gasteiger partial charge in [-0.05, 0) is 24.3 Å². The van der Waals surface area contributed by atoms with Crippen LogP contribution in [0.1, 0.15) is 15.9 Å². The number of ether oxygens (including phenoxy) is 2. The van der Waals surface area contributed by atoms with Crippen LogP contribution in [0.25, 0.3) is 17.0 Å². The fourth-order valence-corrected chi connectivity index (χ4v) is 4.93. The summed E-state index contributed by atoms with van der Waals surface area (Å²) < 4.78 is 38.8. The molecule has 0 saturated carbocycles. The predicted molar refractivity (Wildman–Crippen MR) is 136 cm³/mol. The van der Waals surface area contributed by atoms with Crippen molar-refractivity contribution in [2.24, 2.45) is 0 Å². The summed E-state index contributed by atoms with van der Waals surface area (Å²) in [5.74, 6) is -0.555. The average molecular weight is 513 g/mol. The summed E-state index contributed by atoms with van der Waals surface area (Å²) in [6.45, 7) is 1.52. The fourth-order valence-electron chi connectivity index (χ4n) is 3.92. The number of fused-ring (bicyclic) bond motifs is 1. The summed E-state index contributed by atoms with van der Waals surface area (Å²) in [6.07, 6.45) is 2.96. The Bertz CT molecular complexity index is 1420. The molecule has 0 aliphatic carbocycles. The standard InChI is InChI=1S/C25H28N4O6S/c1-27(2)36(32,33)29-17-18(19-8-4-6-10-22(19)29)16-21(25(31)28-12-14-35-15-13-28)26-24(30)20-9-5-7-11-23(20)34-3/h4-11,16-17H,12-15H2,1-3H3,(H,26,30). The summed E-state index contributed by atoms with van der Waals surface area (Å²) in [5, 5.41) is 3.34. The Hall–Kier alpha value is -3.67. The molecule has 190 valence electrons. The van der Waals surface area contributed by atoms with Crippen molar-refractivity contribution in [2.75, 3.05) is 47.5 Å². The van der Waals surface area contributed by atoms with Gasteiger partial charge in [0.05, 0.1) is 31.4 Å². The highest BCUT2D eigenvalue weighted by atomic mass is 32.2. The highest BCUT2D eigenvalue weighted by molar-refractivity contribution is 7.87. The van der Waals surface area contributed by atoms with E-state index >= 15 is 0 Å². The second-order valence-electron chi connectivity index (χ2n) is 8.30. The van der Waals surface area contributed by atoms with Gasteiger partial charge in [-0.1, -0.05) is 30.3 Å². The first-order chi connectivity index (χ1) is 17.2. The number of rotatable bonds is 7. The van der Waals surface area contributed by atoms with E-state index in [4.69, 9.17) is 9.47 Å². The van der Waals surface area contributed by atoms with E-state index in [-0.39, 0.29) is 11.3 Å². The summed E-state index contributed by atoms with van der Waals surface area (Å²) in [7, 11) is 0.521. The molecule has 1 aliphatic heterocycles. The van der Waals surface area contributed by atoms with E-state index in [9.17, 15) is 18.0 Å². The third-order valence-corrected chi connectivity index (χ3v) is 7.57. The number of hydrogen-bond acceptors (Lipinski definition) is 6. The maximum Gasteiger partial charge on any atom is 0.307 e. The number of carbonyl (C=O) groups excluding carboxylic acids is 2. The van der Waals surface area contributed by atoms with Crippen LogP contribution in [-0.4, -0.2) is 80.9 Å². The van der Waals surface area contributed by atoms with Gasteiger partial charge in [0, 0.05) is 44.3 Å². The zero-order valence-corrected chi connectivity index (χ0v) is 21.1. The molecule has 1 aliphatic rings. The molecule has 0 bridgehead atoms. The SMILES string of the molecule is COc1ccccc1C(=O)NC(=Cc1cn(S(=O)(=O)N(C)C)c2ccccc12)C(=O)N1CCOCC1. The molecule has 4 rings (SSSR count). The summed E-state index contributed by atoms with van der Waals surface area (Å²) >= 11 is 0. The van der Waals surface area contributed by atoms with Crippen molar-refractivity contribution in [1.29, 1.82) is 0 Å². The lowest BCUT2D eigenvalue weighted by Crippen LogP contribution is -2.44. The Morgan fingerprint density at radius 3 is 2.42 bits per heavy atom. The van der Waals surface area contributed by atoms with Gasteiger partial charge in [-0.2, -0.15) is 12.7 Å². The molecule has 2 amide bonds. The lowest BCUT2D eigenvalue weighted by Gasteiger charge is -2.28. The van der Waals surface area contributed by atoms with Crippen LogP contribution >= 0.6 is 0 Å². The van der Waals surface area contributed by atoms with Crippen molar-refractivity contribution in [1.82, 2.24) is 18.5 Å². The molecule has 36 heavy (non-hydrogen) atoms. The molecule has 2 aromatic carbocycles. The van der Waals surface area contributed by atoms with Crippen LogP contribution in [0.3, 0.4) is 0 Å². The highest BCUT2D eigenvalue weighted by Gasteiger charge is 2.25. The number of carbonyl (C=O) groups is 2. The van der Waals surface area contributed by atoms with E-state index in [1.54, 1.807) is 53.4 Å². The number of methoxy groups -OCH3 is 1. The van der Waals surface area contributed by atoms with Crippen molar-refractivity contribution in [3.8, 4) is 5.75 Å². The van der Waals surface area contributed by atoms with Gasteiger partial charge >= 0.3 is 10.2 Å². The van der Waals surface area contributed by atoms with Gasteiger partial charge in [0.2, 0.25) is 0 Å². The average Bonchev–Trinajstić information content (AvgIpc) is 3.27. The second kappa shape index (κ2) is 10.5. The van der Waals surface area contributed by atoms with E-state index in [2.05, 4.69) is 5.32 Å². The van der Waals surface area contributed by atoms with Crippen LogP contribution in [0.5, 0.6) is 5.75 Å². The van der Waals surface area contributed by atoms with Crippen molar-refractivity contribution < 1.29 is 27.5 Å². The van der Waals surface area contributed by atoms with Crippen LogP contribution in [0.4, 0.5) is 0 Å². The number of aromatic nitrogens is 1. The van der Waals surface area contributed by atoms with Crippen molar-refractivity contribution in [3.05, 3.63) is 71.6 Å². The molecule has 0 radical (unpaired) electrons. The molecule has 1 saturated heterocycles. The quantitative estimate of drug-likeness (QED) is 0.485. The fraction of sp³-hybridized carbons (Fsp3) is 0.280. The molecule has 1 fully saturated rings. The molecule has 10 nitrogen and oxygen atoms in total. The van der Waals surface area contributed by atoms with E-state index < -0.39 is 22.0 Å². The minimum atomic E-state index is -3.83. The van der Waals surface area contributed by atoms with Crippen LogP contribution in [0, 0.1) is 0 Å². The van der Waals surface area contributed by atoms with Crippen molar-refractivity contribution in [3.63, 3.8) is 0 Å². The number of benzene rings is 2. The normalized spacial score (nSPS) is 14.8. The van der Waals surface area contributed by atoms with Gasteiger partial charge in [-0.15, -0.1) is 0 Å². The summed E-state index contributed by atoms with van der Waals surface area (Å²) in [5.41, 5.74) is 1.19. The first-order valence-corrected chi connectivity index (χ1v) is 12.7. The number of morpholine rings is 1. The van der Waals surface area contributed by atoms with Crippen LogP contribution in [0.2, 0.25) is 0 Å². The zero-order valence-electron chi connectivity index (χ0n) is 20.3. The molecular weight excluding hydrogens is 484 g/mol. The largest absolute Gasteiger partial charge is 0.496 e. The maximum atomic E-state index is 13.5. The van der Waals surface area contributed by atoms with E-state index in [1.165, 1.54) is 33.5 Å². The molecular formula is C25H28N4O6S. The predicted octanol–water partition coefficient (Wildman–Crippen LogP) is 1.93. The lowest BCUT2D eigenvalue weighted by molar-refractivity contribution is -0.131. The Labute approximate surface area is 209 Å². The first kappa shape index (κ1) is 25.4. The molecule has 2 heterocycles. The van der Waals surface area contributed by atoms with E-state index in [0.29, 0.717) is 48.5 Å². The Morgan fingerprint density at radius 1 is 1.06 bits per heavy atom. The van der Waals surface area contributed by atoms with Crippen molar-refractivity contribution >= 4 is 39.0 Å². The second-order valence-corrected chi connectivity index (χ2v) is 10.3. The monoisotopic (exact) mass is 512 g/mol. The van der Waals surface area contributed by atoms with E-state index in [0.717, 1.165) is 8.28 Å². The number of para-hydroxylation sites is 2. The lowest BCUT2D eigenvalue weighted by atomic mass is 10.1. The third kappa shape index (κ3) is 4.99. The number of nitrogens with one attached hydrogen (secondary N) is 1. The molecule has 0 unspecified atom stereocenters. The van der Waals surface area contributed by atoms with Crippen LogP contribution < -0.4 is 10.1 Å². The Balaban J connectivity index is 1.82. The molecule has 11 heteroatoms. The van der Waals surface area contributed by atoms with Gasteiger partial charge in [0.1, 0.15) is 11.4 Å². The van der Waals surface area contributed by atoms with E-state index in [1.807, 2.05) is 0 Å². The van der Waals surface area contributed by atoms with Gasteiger partial charge < -0.3 is 19.7 Å². The third-order valence-electron chi connectivity index (χ3n) is 5.85. The number of amides is 2. The van der Waals surface area contributed by atoms with Crippen LogP contribution in [-0.2, 0) is 19.7 Å². The minimum Gasteiger partial charge on any atom is -0.496 e. The molecule has 3 aromatic rings. The van der Waals surface area contributed by atoms with Gasteiger partial charge in [0.25, 0.3) is 11.8 Å². The van der Waals surface area contributed by atoms with Gasteiger partial charge in [-0.25, -0.2) is 3.97 Å². The van der Waals surface area contributed by atoms with Gasteiger partial charge in [-0.3, -0.25) is 9.59 Å². The molecule has 0 spiro atoms. The first-order valence-electron chi connectivity index (χ1n) is 11.3. The topological polar surface area (TPSA) is 110 Å². The molecule has 1 aromatic heterocycles. The van der Waals surface area contributed by atoms with Crippen LogP contribution in [0.15, 0.2) is 60.4 Å². The Kier molecular flexibility index (Phi) is 7.43. The highest BCUT2D eigenvalue weighted by Crippen LogP contribution is 2.26. The zero-order chi connectivity index (χ0) is 25.9. The maximum absolute atomic E-state index is 13.5. The molecule has 0 atom stereocenters. The summed E-state index contributed by atoms with van der Waals surface area (Å²) in [4.78, 5) is 28.3. The van der Waals surface area contributed by atoms with Crippen molar-refractivity contribution in [2.45, 2.75) is 0 Å². The number of hydrogen-bond donors (Lipinski definition) is 1. The Morgan fingerprint density at radius 2 is 1.72 bits per heavy atom.